The predicted octanol–water partition coefficient (Wildman–Crippen LogP) is -2.74. The van der Waals surface area contributed by atoms with Gasteiger partial charge in [-0.25, -0.2) is 4.39 Å². The molecule has 0 bridgehead atoms. The third-order valence-electron chi connectivity index (χ3n) is 14.9. The summed E-state index contributed by atoms with van der Waals surface area (Å²) >= 11 is 0. The Labute approximate surface area is 459 Å². The summed E-state index contributed by atoms with van der Waals surface area (Å²) in [5, 5.41) is 3.58. The number of aromatic nitrogens is 1. The fraction of sp³-hybridized carbons (Fsp3) is 0.211. The zero-order chi connectivity index (χ0) is 53.0. The molecule has 8 rings (SSSR count). The molecule has 0 saturated carbocycles. The molecule has 2 unspecified atom stereocenters. The number of rotatable bonds is 19. The van der Waals surface area contributed by atoms with Crippen LogP contribution in [0, 0.1) is 5.82 Å². The van der Waals surface area contributed by atoms with Crippen LogP contribution in [0.1, 0.15) is 45.6 Å². The first kappa shape index (κ1) is 57.8. The van der Waals surface area contributed by atoms with E-state index in [-0.39, 0.29) is 17.9 Å². The third kappa shape index (κ3) is 12.8. The van der Waals surface area contributed by atoms with Crippen molar-refractivity contribution >= 4 is 228 Å². The summed E-state index contributed by atoms with van der Waals surface area (Å²) in [7, 11) is 94.6. The highest BCUT2D eigenvalue weighted by atomic mass is 19.1. The molecule has 0 saturated heterocycles. The van der Waals surface area contributed by atoms with Crippen LogP contribution in [-0.2, 0) is 19.4 Å². The van der Waals surface area contributed by atoms with Gasteiger partial charge in [0.15, 0.2) is 11.5 Å². The third-order valence-corrected chi connectivity index (χ3v) is 14.9. The topological polar surface area (TPSA) is 46.7 Å². The summed E-state index contributed by atoms with van der Waals surface area (Å²) in [6.07, 6.45) is -10.1. The number of hydrogen-bond donors (Lipinski definition) is 1. The molecule has 6 aromatic rings. The standard InChI is InChI=1S/C38H33FN2O3.B29/c1-42-29-13-14-33-31(19-29)32-20-34-30-21-36(44-22-23-7-8-24-5-3-4-6-26(24)17-23)35(43-2)18-27(30)15-16-41(34)38(37(32)40-33)25-9-11-28(39)12-10-25;1-16-24(17(2)3)28(25(18(4)5)19(6)7)29(26(20(8)9)21(10)11)27(22(12)13)23(14)15/h3-14,17-19,21,34,38,40H,15-16,20,22H2,1-2H3;. The summed E-state index contributed by atoms with van der Waals surface area (Å²) in [5.41, 5.74) is 8.23. The molecule has 5 aromatic carbocycles. The number of H-pyrrole nitrogens is 1. The van der Waals surface area contributed by atoms with Crippen molar-refractivity contribution in [3.05, 3.63) is 136 Å². The largest absolute Gasteiger partial charge is 0.497 e. The van der Waals surface area contributed by atoms with E-state index in [4.69, 9.17) is 130 Å². The Morgan fingerprint density at radius 1 is 0.630 bits per heavy atom. The van der Waals surface area contributed by atoms with Crippen molar-refractivity contribution in [2.45, 2.75) is 31.5 Å². The lowest BCUT2D eigenvalue weighted by molar-refractivity contribution is 0.127. The Balaban J connectivity index is 0.000000237. The van der Waals surface area contributed by atoms with E-state index in [1.807, 2.05) is 18.2 Å². The fourth-order valence-electron chi connectivity index (χ4n) is 11.6. The van der Waals surface area contributed by atoms with Crippen LogP contribution in [0.3, 0.4) is 0 Å². The molecular formula is C38H33B29FN2O3. The van der Waals surface area contributed by atoms with Crippen molar-refractivity contribution < 1.29 is 18.6 Å². The van der Waals surface area contributed by atoms with Gasteiger partial charge in [0.2, 0.25) is 0 Å². The molecule has 73 heavy (non-hydrogen) atoms. The van der Waals surface area contributed by atoms with Crippen LogP contribution in [0.15, 0.2) is 97.1 Å². The number of aromatic amines is 1. The van der Waals surface area contributed by atoms with Crippen molar-refractivity contribution in [1.82, 2.24) is 9.88 Å². The Kier molecular flexibility index (Phi) is 20.2. The van der Waals surface area contributed by atoms with Gasteiger partial charge in [-0.15, -0.1) is 0 Å². The predicted molar refractivity (Wildman–Crippen MR) is 338 cm³/mol. The van der Waals surface area contributed by atoms with E-state index < -0.39 is 83.0 Å². The van der Waals surface area contributed by atoms with Gasteiger partial charge in [0.1, 0.15) is 18.2 Å². The van der Waals surface area contributed by atoms with Gasteiger partial charge in [0.05, 0.1) is 20.3 Å². The smallest absolute Gasteiger partial charge is 0.162 e. The summed E-state index contributed by atoms with van der Waals surface area (Å²) < 4.78 is 32.0. The lowest BCUT2D eigenvalue weighted by atomic mass is 8.32. The number of ether oxygens (including phenoxy) is 3. The van der Waals surface area contributed by atoms with Crippen LogP contribution < -0.4 is 14.2 Å². The lowest BCUT2D eigenvalue weighted by Gasteiger charge is -2.49. The van der Waals surface area contributed by atoms with Gasteiger partial charge in [-0.2, -0.15) is 0 Å². The quantitative estimate of drug-likeness (QED) is 0.0899. The molecule has 1 N–H and O–H groups in total. The first-order valence-electron chi connectivity index (χ1n) is 24.4. The molecule has 0 fully saturated rings. The van der Waals surface area contributed by atoms with Crippen LogP contribution in [0.25, 0.3) is 21.7 Å². The maximum absolute atomic E-state index is 14.1. The van der Waals surface area contributed by atoms with Crippen LogP contribution in [0.4, 0.5) is 4.39 Å². The van der Waals surface area contributed by atoms with Gasteiger partial charge in [0, 0.05) is 235 Å². The first-order valence-corrected chi connectivity index (χ1v) is 24.4. The Morgan fingerprint density at radius 2 is 1.23 bits per heavy atom. The second-order valence-electron chi connectivity index (χ2n) is 19.5. The molecule has 0 aliphatic carbocycles. The number of halogens is 1. The van der Waals surface area contributed by atoms with Gasteiger partial charge in [-0.3, -0.25) is 4.90 Å². The van der Waals surface area contributed by atoms with Crippen LogP contribution in [0.2, 0.25) is 0 Å². The summed E-state index contributed by atoms with van der Waals surface area (Å²) in [5.74, 6) is 2.10. The number of hydrogen-bond acceptors (Lipinski definition) is 4. The molecule has 0 amide bonds. The number of nitrogens with zero attached hydrogens (tertiary/aromatic N) is 1. The van der Waals surface area contributed by atoms with Crippen molar-refractivity contribution in [1.29, 1.82) is 0 Å². The summed E-state index contributed by atoms with van der Waals surface area (Å²) in [6, 6.07) is 32.4. The zero-order valence-corrected chi connectivity index (χ0v) is 41.5. The molecule has 5 nitrogen and oxygen atoms in total. The highest BCUT2D eigenvalue weighted by Crippen LogP contribution is 2.50. The molecule has 0 spiro atoms. The second-order valence-corrected chi connectivity index (χ2v) is 19.5. The molecular weight excluding hydrogens is 865 g/mol. The first-order chi connectivity index (χ1) is 34.8. The van der Waals surface area contributed by atoms with Gasteiger partial charge in [-0.1, -0.05) is 48.5 Å². The number of benzene rings is 5. The fourth-order valence-corrected chi connectivity index (χ4v) is 11.6. The summed E-state index contributed by atoms with van der Waals surface area (Å²) in [6.45, 7) is 1.32. The Bertz CT molecular complexity index is 2730. The number of fused-ring (bicyclic) bond motifs is 7. The van der Waals surface area contributed by atoms with E-state index in [1.54, 1.807) is 26.4 Å². The number of methoxy groups -OCH3 is 2. The average molecular weight is 898 g/mol. The Morgan fingerprint density at radius 3 is 1.79 bits per heavy atom. The van der Waals surface area contributed by atoms with E-state index in [2.05, 4.69) is 76.6 Å². The van der Waals surface area contributed by atoms with Crippen LogP contribution in [-0.4, -0.2) is 237 Å². The molecule has 2 aliphatic rings. The van der Waals surface area contributed by atoms with Gasteiger partial charge >= 0.3 is 0 Å². The minimum absolute atomic E-state index is 0.0417. The molecule has 1 aromatic heterocycles. The SMILES string of the molecule is COc1ccc2[nH]c3c(c2c1)CC1c2cc(OCc4ccc5ccccc5c4)c(OC)cc2CCN1C3c1ccc(F)cc1.[B][B]B(B([B])[B])B(B(B([B])[B])B([B])[B])B(B(B([B])[B])B([B])[B])B(B([B])[B])B([B])[B]. The maximum Gasteiger partial charge on any atom is 0.162 e. The highest BCUT2D eigenvalue weighted by Gasteiger charge is 2.52. The van der Waals surface area contributed by atoms with Gasteiger partial charge in [-0.05, 0) is 100.0 Å². The van der Waals surface area contributed by atoms with Crippen molar-refractivity contribution in [3.8, 4) is 17.2 Å². The lowest BCUT2D eigenvalue weighted by Crippen LogP contribution is -2.87. The minimum Gasteiger partial charge on any atom is -0.497 e. The average Bonchev–Trinajstić information content (AvgIpc) is 3.71. The number of nitrogens with one attached hydrogen (secondary N) is 1. The van der Waals surface area contributed by atoms with Crippen molar-refractivity contribution in [2.75, 3.05) is 20.8 Å². The molecule has 31 radical (unpaired) electrons. The highest BCUT2D eigenvalue weighted by molar-refractivity contribution is 8.26. The second kappa shape index (κ2) is 25.5. The van der Waals surface area contributed by atoms with E-state index in [1.165, 1.54) is 45.6 Å². The molecule has 35 heteroatoms. The Hall–Kier alpha value is -2.93. The van der Waals surface area contributed by atoms with Gasteiger partial charge < -0.3 is 19.2 Å². The van der Waals surface area contributed by atoms with Crippen LogP contribution >= 0.6 is 0 Å². The summed E-state index contributed by atoms with van der Waals surface area (Å²) in [4.78, 5) is 6.29. The zero-order valence-electron chi connectivity index (χ0n) is 41.5. The van der Waals surface area contributed by atoms with E-state index >= 15 is 0 Å². The van der Waals surface area contributed by atoms with E-state index in [9.17, 15) is 4.39 Å². The maximum atomic E-state index is 14.1. The normalized spacial score (nSPS) is 14.3. The minimum atomic E-state index is -1.03. The monoisotopic (exact) mass is 904 g/mol. The molecule has 307 valence electrons. The molecule has 2 aliphatic heterocycles. The van der Waals surface area contributed by atoms with E-state index in [0.717, 1.165) is 53.3 Å². The van der Waals surface area contributed by atoms with Crippen molar-refractivity contribution in [2.24, 2.45) is 0 Å². The van der Waals surface area contributed by atoms with Crippen molar-refractivity contribution in [3.63, 3.8) is 0 Å². The van der Waals surface area contributed by atoms with E-state index in [0.29, 0.717) is 6.61 Å². The van der Waals surface area contributed by atoms with Crippen LogP contribution in [0.5, 0.6) is 17.2 Å². The molecule has 2 atom stereocenters. The van der Waals surface area contributed by atoms with Gasteiger partial charge in [0.25, 0.3) is 0 Å². The molecule has 3 heterocycles.